The fourth-order valence-corrected chi connectivity index (χ4v) is 2.76. The molecule has 1 N–H and O–H groups in total. The number of nitrogens with one attached hydrogen (secondary N) is 1. The Morgan fingerprint density at radius 1 is 1.56 bits per heavy atom. The Balaban J connectivity index is 2.00. The number of hydrogen-bond donors (Lipinski definition) is 1. The monoisotopic (exact) mass is 261 g/mol. The van der Waals surface area contributed by atoms with E-state index in [1.165, 1.54) is 0 Å². The van der Waals surface area contributed by atoms with Crippen LogP contribution in [-0.2, 0) is 6.54 Å². The zero-order valence-corrected chi connectivity index (χ0v) is 11.5. The van der Waals surface area contributed by atoms with Crippen molar-refractivity contribution in [2.24, 2.45) is 0 Å². The molecule has 2 rings (SSSR count). The van der Waals surface area contributed by atoms with E-state index in [1.807, 2.05) is 25.3 Å². The molecular formula is C13H15N3OS. The number of nitrogens with zero attached hydrogens (tertiary/aromatic N) is 2. The van der Waals surface area contributed by atoms with Crippen LogP contribution in [0.5, 0.6) is 0 Å². The molecule has 2 aromatic heterocycles. The van der Waals surface area contributed by atoms with E-state index >= 15 is 0 Å². The van der Waals surface area contributed by atoms with Gasteiger partial charge in [-0.3, -0.25) is 0 Å². The highest BCUT2D eigenvalue weighted by Crippen LogP contribution is 2.22. The zero-order valence-electron chi connectivity index (χ0n) is 10.7. The summed E-state index contributed by atoms with van der Waals surface area (Å²) in [5, 5.41) is 18.0. The Morgan fingerprint density at radius 2 is 2.33 bits per heavy atom. The third-order valence-corrected chi connectivity index (χ3v) is 3.82. The third-order valence-electron chi connectivity index (χ3n) is 2.89. The highest BCUT2D eigenvalue weighted by Gasteiger charge is 2.15. The lowest BCUT2D eigenvalue weighted by molar-refractivity contribution is 0.390. The van der Waals surface area contributed by atoms with Crippen molar-refractivity contribution in [2.45, 2.75) is 33.4 Å². The van der Waals surface area contributed by atoms with Crippen LogP contribution in [-0.4, -0.2) is 5.16 Å². The molecule has 0 bridgehead atoms. The molecule has 0 aliphatic carbocycles. The predicted molar refractivity (Wildman–Crippen MR) is 70.3 cm³/mol. The van der Waals surface area contributed by atoms with Crippen LogP contribution in [0.4, 0.5) is 0 Å². The molecule has 0 amide bonds. The van der Waals surface area contributed by atoms with Gasteiger partial charge in [-0.2, -0.15) is 5.26 Å². The standard InChI is InChI=1S/C13H15N3OS/c1-8(13-9(2)16-17-10(13)3)15-6-12-4-11(5-14)7-18-12/h4,7-8,15H,6H2,1-3H3. The molecular weight excluding hydrogens is 246 g/mol. The van der Waals surface area contributed by atoms with E-state index in [1.54, 1.807) is 11.3 Å². The molecule has 94 valence electrons. The van der Waals surface area contributed by atoms with E-state index in [0.717, 1.165) is 34.0 Å². The Hall–Kier alpha value is -1.64. The summed E-state index contributed by atoms with van der Waals surface area (Å²) in [7, 11) is 0. The first-order valence-electron chi connectivity index (χ1n) is 5.75. The average Bonchev–Trinajstić information content (AvgIpc) is 2.93. The quantitative estimate of drug-likeness (QED) is 0.918. The van der Waals surface area contributed by atoms with Crippen molar-refractivity contribution in [3.05, 3.63) is 38.9 Å². The first kappa shape index (κ1) is 12.8. The van der Waals surface area contributed by atoms with Crippen molar-refractivity contribution in [1.82, 2.24) is 10.5 Å². The topological polar surface area (TPSA) is 61.9 Å². The summed E-state index contributed by atoms with van der Waals surface area (Å²) in [4.78, 5) is 1.16. The molecule has 0 aliphatic heterocycles. The highest BCUT2D eigenvalue weighted by atomic mass is 32.1. The Morgan fingerprint density at radius 3 is 2.89 bits per heavy atom. The minimum absolute atomic E-state index is 0.184. The summed E-state index contributed by atoms with van der Waals surface area (Å²) in [6.45, 7) is 6.71. The highest BCUT2D eigenvalue weighted by molar-refractivity contribution is 7.10. The van der Waals surface area contributed by atoms with Gasteiger partial charge in [0.1, 0.15) is 11.8 Å². The van der Waals surface area contributed by atoms with Gasteiger partial charge in [0.15, 0.2) is 0 Å². The van der Waals surface area contributed by atoms with Crippen LogP contribution >= 0.6 is 11.3 Å². The molecule has 0 aromatic carbocycles. The lowest BCUT2D eigenvalue weighted by Crippen LogP contribution is -2.18. The Bertz CT molecular complexity index is 560. The fraction of sp³-hybridized carbons (Fsp3) is 0.385. The number of thiophene rings is 1. The van der Waals surface area contributed by atoms with Crippen LogP contribution in [0.1, 0.15) is 40.4 Å². The van der Waals surface area contributed by atoms with Gasteiger partial charge < -0.3 is 9.84 Å². The van der Waals surface area contributed by atoms with Gasteiger partial charge >= 0.3 is 0 Å². The number of nitriles is 1. The summed E-state index contributed by atoms with van der Waals surface area (Å²) in [6.07, 6.45) is 0. The zero-order chi connectivity index (χ0) is 13.1. The molecule has 18 heavy (non-hydrogen) atoms. The van der Waals surface area contributed by atoms with Gasteiger partial charge in [-0.15, -0.1) is 11.3 Å². The second-order valence-corrected chi connectivity index (χ2v) is 5.25. The maximum atomic E-state index is 8.77. The van der Waals surface area contributed by atoms with Gasteiger partial charge in [0.2, 0.25) is 0 Å². The van der Waals surface area contributed by atoms with Crippen LogP contribution < -0.4 is 5.32 Å². The smallest absolute Gasteiger partial charge is 0.138 e. The van der Waals surface area contributed by atoms with Gasteiger partial charge in [0.25, 0.3) is 0 Å². The molecule has 0 radical (unpaired) electrons. The van der Waals surface area contributed by atoms with Crippen molar-refractivity contribution in [1.29, 1.82) is 5.26 Å². The fourth-order valence-electron chi connectivity index (χ4n) is 2.00. The second-order valence-electron chi connectivity index (χ2n) is 4.25. The molecule has 5 heteroatoms. The second kappa shape index (κ2) is 5.34. The predicted octanol–water partition coefficient (Wildman–Crippen LogP) is 3.08. The molecule has 0 saturated heterocycles. The van der Waals surface area contributed by atoms with Crippen LogP contribution in [0.2, 0.25) is 0 Å². The van der Waals surface area contributed by atoms with E-state index < -0.39 is 0 Å². The van der Waals surface area contributed by atoms with E-state index in [4.69, 9.17) is 9.78 Å². The van der Waals surface area contributed by atoms with Crippen LogP contribution in [0.15, 0.2) is 16.0 Å². The normalized spacial score (nSPS) is 12.3. The molecule has 0 fully saturated rings. The Labute approximate surface area is 110 Å². The lowest BCUT2D eigenvalue weighted by atomic mass is 10.1. The molecule has 2 heterocycles. The van der Waals surface area contributed by atoms with Gasteiger partial charge in [0, 0.05) is 28.4 Å². The minimum Gasteiger partial charge on any atom is -0.361 e. The summed E-state index contributed by atoms with van der Waals surface area (Å²) in [6, 6.07) is 4.24. The number of hydrogen-bond acceptors (Lipinski definition) is 5. The van der Waals surface area contributed by atoms with Crippen LogP contribution in [0.25, 0.3) is 0 Å². The minimum atomic E-state index is 0.184. The summed E-state index contributed by atoms with van der Waals surface area (Å²) >= 11 is 1.60. The third kappa shape index (κ3) is 2.61. The summed E-state index contributed by atoms with van der Waals surface area (Å²) < 4.78 is 5.16. The SMILES string of the molecule is Cc1noc(C)c1C(C)NCc1cc(C#N)cs1. The first-order chi connectivity index (χ1) is 8.61. The number of aryl methyl sites for hydroxylation is 2. The maximum absolute atomic E-state index is 8.77. The van der Waals surface area contributed by atoms with Crippen molar-refractivity contribution >= 4 is 11.3 Å². The summed E-state index contributed by atoms with van der Waals surface area (Å²) in [5.74, 6) is 0.858. The van der Waals surface area contributed by atoms with Crippen molar-refractivity contribution in [3.63, 3.8) is 0 Å². The molecule has 1 atom stereocenters. The van der Waals surface area contributed by atoms with Gasteiger partial charge in [-0.1, -0.05) is 5.16 Å². The largest absolute Gasteiger partial charge is 0.361 e. The molecule has 0 saturated carbocycles. The molecule has 1 unspecified atom stereocenters. The van der Waals surface area contributed by atoms with E-state index in [-0.39, 0.29) is 6.04 Å². The van der Waals surface area contributed by atoms with Crippen molar-refractivity contribution < 1.29 is 4.52 Å². The van der Waals surface area contributed by atoms with E-state index in [9.17, 15) is 0 Å². The molecule has 2 aromatic rings. The maximum Gasteiger partial charge on any atom is 0.138 e. The van der Waals surface area contributed by atoms with Crippen molar-refractivity contribution in [3.8, 4) is 6.07 Å². The average molecular weight is 261 g/mol. The number of aromatic nitrogens is 1. The van der Waals surface area contributed by atoms with Gasteiger partial charge in [-0.05, 0) is 26.8 Å². The molecule has 4 nitrogen and oxygen atoms in total. The first-order valence-corrected chi connectivity index (χ1v) is 6.63. The van der Waals surface area contributed by atoms with E-state index in [0.29, 0.717) is 0 Å². The molecule has 0 aliphatic rings. The van der Waals surface area contributed by atoms with Crippen LogP contribution in [0.3, 0.4) is 0 Å². The molecule has 0 spiro atoms. The van der Waals surface area contributed by atoms with Gasteiger partial charge in [-0.25, -0.2) is 0 Å². The van der Waals surface area contributed by atoms with Crippen molar-refractivity contribution in [2.75, 3.05) is 0 Å². The van der Waals surface area contributed by atoms with Crippen LogP contribution in [0, 0.1) is 25.2 Å². The summed E-state index contributed by atoms with van der Waals surface area (Å²) in [5.41, 5.74) is 2.77. The van der Waals surface area contributed by atoms with E-state index in [2.05, 4.69) is 23.5 Å². The lowest BCUT2D eigenvalue weighted by Gasteiger charge is -2.12. The Kier molecular flexibility index (Phi) is 3.80. The van der Waals surface area contributed by atoms with Gasteiger partial charge in [0.05, 0.1) is 11.3 Å². The number of rotatable bonds is 4.